The van der Waals surface area contributed by atoms with Crippen molar-refractivity contribution in [3.8, 4) is 0 Å². The highest BCUT2D eigenvalue weighted by atomic mass is 16.5. The largest absolute Gasteiger partial charge is 0.465 e. The Hall–Kier alpha value is -2.30. The smallest absolute Gasteiger partial charge is 0.339 e. The molecule has 1 aromatic rings. The highest BCUT2D eigenvalue weighted by Crippen LogP contribution is 2.15. The van der Waals surface area contributed by atoms with Crippen LogP contribution in [-0.4, -0.2) is 25.5 Å². The molecule has 0 spiro atoms. The number of unbranched alkanes of at least 4 members (excludes halogenated alkanes) is 12. The Bertz CT molecular complexity index is 685. The standard InChI is InChI=1S/C27H44N2O3/c1-3-4-5-6-7-8-9-10-11-12-13-14-15-16-17-18-21-29-26(30)23-19-20-24(25(28)22-23)27(31)32-2/h10-11,19-20,22H,3-9,12-18,21,28H2,1-2H3,(H,29,30)/b11-10-. The number of rotatable bonds is 18. The monoisotopic (exact) mass is 444 g/mol. The molecular weight excluding hydrogens is 400 g/mol. The molecule has 0 aliphatic rings. The van der Waals surface area contributed by atoms with Crippen LogP contribution in [0.25, 0.3) is 0 Å². The van der Waals surface area contributed by atoms with Gasteiger partial charge in [0.2, 0.25) is 0 Å². The second kappa shape index (κ2) is 18.3. The van der Waals surface area contributed by atoms with Crippen LogP contribution in [0.1, 0.15) is 118 Å². The molecule has 180 valence electrons. The fourth-order valence-corrected chi connectivity index (χ4v) is 3.68. The van der Waals surface area contributed by atoms with Gasteiger partial charge in [0.15, 0.2) is 0 Å². The molecule has 0 aliphatic heterocycles. The van der Waals surface area contributed by atoms with E-state index >= 15 is 0 Å². The molecule has 0 unspecified atom stereocenters. The minimum atomic E-state index is -0.501. The number of methoxy groups -OCH3 is 1. The third-order valence-corrected chi connectivity index (χ3v) is 5.69. The summed E-state index contributed by atoms with van der Waals surface area (Å²) in [5.74, 6) is -0.667. The van der Waals surface area contributed by atoms with E-state index in [0.29, 0.717) is 12.1 Å². The number of amides is 1. The number of hydrogen-bond acceptors (Lipinski definition) is 4. The molecule has 1 rings (SSSR count). The molecule has 32 heavy (non-hydrogen) atoms. The molecule has 3 N–H and O–H groups in total. The first-order valence-electron chi connectivity index (χ1n) is 12.5. The zero-order valence-corrected chi connectivity index (χ0v) is 20.3. The zero-order valence-electron chi connectivity index (χ0n) is 20.3. The number of carbonyl (C=O) groups is 2. The molecule has 0 aromatic heterocycles. The number of allylic oxidation sites excluding steroid dienone is 2. The van der Waals surface area contributed by atoms with E-state index in [-0.39, 0.29) is 17.2 Å². The molecule has 1 aromatic carbocycles. The maximum atomic E-state index is 12.2. The summed E-state index contributed by atoms with van der Waals surface area (Å²) in [6.45, 7) is 2.91. The predicted octanol–water partition coefficient (Wildman–Crippen LogP) is 6.82. The van der Waals surface area contributed by atoms with E-state index in [9.17, 15) is 9.59 Å². The summed E-state index contributed by atoms with van der Waals surface area (Å²) in [7, 11) is 1.30. The average molecular weight is 445 g/mol. The molecule has 0 saturated heterocycles. The lowest BCUT2D eigenvalue weighted by atomic mass is 10.1. The Labute approximate surface area is 195 Å². The van der Waals surface area contributed by atoms with Crippen molar-refractivity contribution in [3.63, 3.8) is 0 Å². The number of nitrogens with one attached hydrogen (secondary N) is 1. The van der Waals surface area contributed by atoms with Gasteiger partial charge in [0, 0.05) is 17.8 Å². The SMILES string of the molecule is CCCCCCCC/C=C\CCCCCCCCNC(=O)c1ccc(C(=O)OC)c(N)c1. The van der Waals surface area contributed by atoms with Gasteiger partial charge in [-0.25, -0.2) is 4.79 Å². The van der Waals surface area contributed by atoms with Crippen LogP contribution >= 0.6 is 0 Å². The molecule has 0 aliphatic carbocycles. The first-order valence-corrected chi connectivity index (χ1v) is 12.5. The Morgan fingerprint density at radius 2 is 1.44 bits per heavy atom. The Balaban J connectivity index is 1.98. The topological polar surface area (TPSA) is 81.4 Å². The third-order valence-electron chi connectivity index (χ3n) is 5.69. The number of anilines is 1. The summed E-state index contributed by atoms with van der Waals surface area (Å²) in [5, 5.41) is 2.92. The van der Waals surface area contributed by atoms with Crippen molar-refractivity contribution >= 4 is 17.6 Å². The van der Waals surface area contributed by atoms with Gasteiger partial charge in [0.05, 0.1) is 12.7 Å². The Morgan fingerprint density at radius 3 is 2.00 bits per heavy atom. The van der Waals surface area contributed by atoms with Crippen LogP contribution in [-0.2, 0) is 4.74 Å². The molecule has 0 radical (unpaired) electrons. The first-order chi connectivity index (χ1) is 15.6. The van der Waals surface area contributed by atoms with Gasteiger partial charge in [-0.3, -0.25) is 4.79 Å². The molecule has 1 amide bonds. The number of benzene rings is 1. The lowest BCUT2D eigenvalue weighted by molar-refractivity contribution is 0.0601. The van der Waals surface area contributed by atoms with Gasteiger partial charge in [0.1, 0.15) is 0 Å². The molecule has 0 fully saturated rings. The van der Waals surface area contributed by atoms with Crippen LogP contribution in [0.15, 0.2) is 30.4 Å². The summed E-state index contributed by atoms with van der Waals surface area (Å²) in [6, 6.07) is 4.64. The fourth-order valence-electron chi connectivity index (χ4n) is 3.68. The van der Waals surface area contributed by atoms with Gasteiger partial charge < -0.3 is 15.8 Å². The lowest BCUT2D eigenvalue weighted by Gasteiger charge is -2.08. The molecule has 0 atom stereocenters. The van der Waals surface area contributed by atoms with Gasteiger partial charge in [-0.2, -0.15) is 0 Å². The molecule has 0 heterocycles. The molecule has 5 nitrogen and oxygen atoms in total. The molecule has 0 saturated carbocycles. The van der Waals surface area contributed by atoms with Crippen molar-refractivity contribution in [1.82, 2.24) is 5.32 Å². The van der Waals surface area contributed by atoms with E-state index in [1.165, 1.54) is 96.3 Å². The summed E-state index contributed by atoms with van der Waals surface area (Å²) in [4.78, 5) is 23.8. The minimum absolute atomic E-state index is 0.166. The van der Waals surface area contributed by atoms with Crippen molar-refractivity contribution in [2.75, 3.05) is 19.4 Å². The maximum Gasteiger partial charge on any atom is 0.339 e. The van der Waals surface area contributed by atoms with Crippen molar-refractivity contribution < 1.29 is 14.3 Å². The van der Waals surface area contributed by atoms with Crippen LogP contribution in [0.4, 0.5) is 5.69 Å². The quantitative estimate of drug-likeness (QED) is 0.113. The number of hydrogen-bond donors (Lipinski definition) is 2. The van der Waals surface area contributed by atoms with Crippen molar-refractivity contribution in [1.29, 1.82) is 0 Å². The van der Waals surface area contributed by atoms with Crippen molar-refractivity contribution in [2.45, 2.75) is 96.8 Å². The van der Waals surface area contributed by atoms with Crippen LogP contribution in [0, 0.1) is 0 Å². The maximum absolute atomic E-state index is 12.2. The molecule has 0 bridgehead atoms. The van der Waals surface area contributed by atoms with E-state index in [2.05, 4.69) is 29.1 Å². The molecular formula is C27H44N2O3. The summed E-state index contributed by atoms with van der Waals surface area (Å²) >= 11 is 0. The number of nitrogen functional groups attached to an aromatic ring is 1. The number of carbonyl (C=O) groups excluding carboxylic acids is 2. The predicted molar refractivity (Wildman–Crippen MR) is 134 cm³/mol. The number of nitrogens with two attached hydrogens (primary N) is 1. The highest BCUT2D eigenvalue weighted by Gasteiger charge is 2.13. The van der Waals surface area contributed by atoms with Crippen molar-refractivity contribution in [3.05, 3.63) is 41.5 Å². The fraction of sp³-hybridized carbons (Fsp3) is 0.630. The first kappa shape index (κ1) is 27.7. The van der Waals surface area contributed by atoms with E-state index in [1.54, 1.807) is 6.07 Å². The minimum Gasteiger partial charge on any atom is -0.465 e. The van der Waals surface area contributed by atoms with Gasteiger partial charge in [-0.05, 0) is 50.3 Å². The van der Waals surface area contributed by atoms with E-state index in [0.717, 1.165) is 12.8 Å². The third kappa shape index (κ3) is 12.5. The summed E-state index contributed by atoms with van der Waals surface area (Å²) < 4.78 is 4.66. The second-order valence-electron chi connectivity index (χ2n) is 8.49. The van der Waals surface area contributed by atoms with Crippen LogP contribution in [0.3, 0.4) is 0 Å². The van der Waals surface area contributed by atoms with Gasteiger partial charge in [-0.15, -0.1) is 0 Å². The second-order valence-corrected chi connectivity index (χ2v) is 8.49. The van der Waals surface area contributed by atoms with E-state index < -0.39 is 5.97 Å². The van der Waals surface area contributed by atoms with E-state index in [1.807, 2.05) is 0 Å². The Morgan fingerprint density at radius 1 is 0.875 bits per heavy atom. The van der Waals surface area contributed by atoms with Crippen LogP contribution in [0.5, 0.6) is 0 Å². The molecule has 5 heteroatoms. The average Bonchev–Trinajstić information content (AvgIpc) is 2.80. The zero-order chi connectivity index (χ0) is 23.4. The van der Waals surface area contributed by atoms with Gasteiger partial charge in [-0.1, -0.05) is 76.9 Å². The van der Waals surface area contributed by atoms with Gasteiger partial charge >= 0.3 is 5.97 Å². The highest BCUT2D eigenvalue weighted by molar-refractivity contribution is 5.99. The number of ether oxygens (including phenoxy) is 1. The van der Waals surface area contributed by atoms with Crippen molar-refractivity contribution in [2.24, 2.45) is 0 Å². The Kier molecular flexibility index (Phi) is 15.9. The normalized spacial score (nSPS) is 11.1. The van der Waals surface area contributed by atoms with E-state index in [4.69, 9.17) is 5.73 Å². The van der Waals surface area contributed by atoms with Gasteiger partial charge in [0.25, 0.3) is 5.91 Å². The summed E-state index contributed by atoms with van der Waals surface area (Å²) in [5.41, 5.74) is 6.83. The van der Waals surface area contributed by atoms with Crippen LogP contribution in [0.2, 0.25) is 0 Å². The summed E-state index contributed by atoms with van der Waals surface area (Å²) in [6.07, 6.45) is 22.5. The number of esters is 1. The van der Waals surface area contributed by atoms with Crippen LogP contribution < -0.4 is 11.1 Å². The lowest BCUT2D eigenvalue weighted by Crippen LogP contribution is -2.24.